The summed E-state index contributed by atoms with van der Waals surface area (Å²) in [5, 5.41) is 0. The molecule has 1 aromatic carbocycles. The summed E-state index contributed by atoms with van der Waals surface area (Å²) >= 11 is 0. The molecule has 1 aliphatic rings. The van der Waals surface area contributed by atoms with E-state index in [1.165, 1.54) is 0 Å². The van der Waals surface area contributed by atoms with Crippen LogP contribution in [0.2, 0.25) is 0 Å². The maximum atomic E-state index is 12.2. The van der Waals surface area contributed by atoms with E-state index >= 15 is 0 Å². The van der Waals surface area contributed by atoms with Gasteiger partial charge < -0.3 is 19.1 Å². The van der Waals surface area contributed by atoms with Crippen LogP contribution in [0.15, 0.2) is 18.2 Å². The quantitative estimate of drug-likeness (QED) is 0.783. The molecular weight excluding hydrogens is 282 g/mol. The van der Waals surface area contributed by atoms with Crippen molar-refractivity contribution in [2.24, 2.45) is 5.41 Å². The van der Waals surface area contributed by atoms with Gasteiger partial charge in [-0.3, -0.25) is 0 Å². The topological polar surface area (TPSA) is 48.0 Å². The van der Waals surface area contributed by atoms with Gasteiger partial charge in [0.05, 0.1) is 26.4 Å². The largest absolute Gasteiger partial charge is 0.493 e. The molecular formula is C17H25NO4. The van der Waals surface area contributed by atoms with Crippen LogP contribution in [0.25, 0.3) is 0 Å². The fraction of sp³-hybridized carbons (Fsp3) is 0.588. The maximum absolute atomic E-state index is 12.2. The van der Waals surface area contributed by atoms with E-state index in [4.69, 9.17) is 14.2 Å². The molecule has 1 heterocycles. The number of methoxy groups -OCH3 is 2. The van der Waals surface area contributed by atoms with Gasteiger partial charge in [0.1, 0.15) is 0 Å². The number of ether oxygens (including phenoxy) is 3. The number of esters is 1. The normalized spacial score (nSPS) is 22.2. The Balaban J connectivity index is 2.00. The SMILES string of the molecule is COc1ccc(C(=O)OC[C@]2(C)CCCN(C)C2)cc1OC. The minimum Gasteiger partial charge on any atom is -0.493 e. The molecule has 0 bridgehead atoms. The third-order valence-corrected chi connectivity index (χ3v) is 4.14. The maximum Gasteiger partial charge on any atom is 0.338 e. The van der Waals surface area contributed by atoms with Crippen LogP contribution in [0, 0.1) is 5.41 Å². The molecule has 1 saturated heterocycles. The Morgan fingerprint density at radius 1 is 1.27 bits per heavy atom. The average Bonchev–Trinajstić information content (AvgIpc) is 2.51. The highest BCUT2D eigenvalue weighted by atomic mass is 16.5. The molecule has 0 spiro atoms. The highest BCUT2D eigenvalue weighted by Gasteiger charge is 2.31. The second-order valence-corrected chi connectivity index (χ2v) is 6.30. The van der Waals surface area contributed by atoms with E-state index in [1.54, 1.807) is 32.4 Å². The molecule has 0 amide bonds. The lowest BCUT2D eigenvalue weighted by Crippen LogP contribution is -2.42. The zero-order valence-electron chi connectivity index (χ0n) is 13.8. The van der Waals surface area contributed by atoms with Crippen molar-refractivity contribution in [3.63, 3.8) is 0 Å². The van der Waals surface area contributed by atoms with Crippen molar-refractivity contribution in [1.82, 2.24) is 4.90 Å². The fourth-order valence-corrected chi connectivity index (χ4v) is 2.99. The summed E-state index contributed by atoms with van der Waals surface area (Å²) in [4.78, 5) is 14.5. The molecule has 0 aromatic heterocycles. The molecule has 0 aliphatic carbocycles. The number of rotatable bonds is 5. The second kappa shape index (κ2) is 7.01. The Morgan fingerprint density at radius 3 is 2.64 bits per heavy atom. The Bertz CT molecular complexity index is 531. The first-order chi connectivity index (χ1) is 10.5. The van der Waals surface area contributed by atoms with Gasteiger partial charge in [0.25, 0.3) is 0 Å². The number of benzene rings is 1. The third kappa shape index (κ3) is 3.91. The molecule has 5 nitrogen and oxygen atoms in total. The lowest BCUT2D eigenvalue weighted by Gasteiger charge is -2.38. The van der Waals surface area contributed by atoms with Gasteiger partial charge >= 0.3 is 5.97 Å². The number of hydrogen-bond acceptors (Lipinski definition) is 5. The number of piperidine rings is 1. The van der Waals surface area contributed by atoms with Gasteiger partial charge in [0.2, 0.25) is 0 Å². The van der Waals surface area contributed by atoms with E-state index in [1.807, 2.05) is 0 Å². The molecule has 1 atom stereocenters. The summed E-state index contributed by atoms with van der Waals surface area (Å²) in [7, 11) is 5.22. The molecule has 1 aliphatic heterocycles. The Labute approximate surface area is 132 Å². The van der Waals surface area contributed by atoms with Crippen LogP contribution in [-0.4, -0.2) is 51.8 Å². The van der Waals surface area contributed by atoms with Gasteiger partial charge in [0.15, 0.2) is 11.5 Å². The van der Waals surface area contributed by atoms with Gasteiger partial charge in [-0.05, 0) is 44.6 Å². The minimum atomic E-state index is -0.324. The Kier molecular flexibility index (Phi) is 5.29. The number of likely N-dealkylation sites (tertiary alicyclic amines) is 1. The molecule has 0 unspecified atom stereocenters. The predicted molar refractivity (Wildman–Crippen MR) is 84.7 cm³/mol. The standard InChI is InChI=1S/C17H25NO4/c1-17(8-5-9-18(2)11-17)12-22-16(19)13-6-7-14(20-3)15(10-13)21-4/h6-7,10H,5,8-9,11-12H2,1-4H3/t17-/m1/s1. The van der Waals surface area contributed by atoms with E-state index in [0.29, 0.717) is 23.7 Å². The van der Waals surface area contributed by atoms with Crippen molar-refractivity contribution in [3.8, 4) is 11.5 Å². The lowest BCUT2D eigenvalue weighted by atomic mass is 9.83. The smallest absolute Gasteiger partial charge is 0.338 e. The van der Waals surface area contributed by atoms with Crippen LogP contribution in [0.4, 0.5) is 0 Å². The highest BCUT2D eigenvalue weighted by molar-refractivity contribution is 5.90. The third-order valence-electron chi connectivity index (χ3n) is 4.14. The first kappa shape index (κ1) is 16.6. The van der Waals surface area contributed by atoms with Gasteiger partial charge in [-0.25, -0.2) is 4.79 Å². The van der Waals surface area contributed by atoms with Gasteiger partial charge in [-0.2, -0.15) is 0 Å². The Hall–Kier alpha value is -1.75. The van der Waals surface area contributed by atoms with Gasteiger partial charge in [0, 0.05) is 12.0 Å². The van der Waals surface area contributed by atoms with Gasteiger partial charge in [-0.15, -0.1) is 0 Å². The summed E-state index contributed by atoms with van der Waals surface area (Å²) in [6.45, 7) is 4.67. The first-order valence-electron chi connectivity index (χ1n) is 7.55. The molecule has 0 saturated carbocycles. The molecule has 1 fully saturated rings. The van der Waals surface area contributed by atoms with E-state index in [2.05, 4.69) is 18.9 Å². The van der Waals surface area contributed by atoms with Crippen molar-refractivity contribution in [2.45, 2.75) is 19.8 Å². The molecule has 5 heteroatoms. The predicted octanol–water partition coefficient (Wildman–Crippen LogP) is 2.59. The molecule has 122 valence electrons. The summed E-state index contributed by atoms with van der Waals surface area (Å²) in [5.74, 6) is 0.802. The number of carbonyl (C=O) groups excluding carboxylic acids is 1. The number of hydrogen-bond donors (Lipinski definition) is 0. The lowest BCUT2D eigenvalue weighted by molar-refractivity contribution is 0.0121. The minimum absolute atomic E-state index is 0.0270. The monoisotopic (exact) mass is 307 g/mol. The molecule has 1 aromatic rings. The molecule has 22 heavy (non-hydrogen) atoms. The molecule has 0 radical (unpaired) electrons. The molecule has 0 N–H and O–H groups in total. The van der Waals surface area contributed by atoms with Gasteiger partial charge in [-0.1, -0.05) is 6.92 Å². The second-order valence-electron chi connectivity index (χ2n) is 6.30. The molecule has 2 rings (SSSR count). The average molecular weight is 307 g/mol. The van der Waals surface area contributed by atoms with E-state index in [-0.39, 0.29) is 11.4 Å². The van der Waals surface area contributed by atoms with Crippen molar-refractivity contribution < 1.29 is 19.0 Å². The van der Waals surface area contributed by atoms with Crippen molar-refractivity contribution in [2.75, 3.05) is 41.0 Å². The van der Waals surface area contributed by atoms with E-state index < -0.39 is 0 Å². The number of nitrogens with zero attached hydrogens (tertiary/aromatic N) is 1. The van der Waals surface area contributed by atoms with Crippen LogP contribution in [-0.2, 0) is 4.74 Å². The summed E-state index contributed by atoms with van der Waals surface area (Å²) in [5.41, 5.74) is 0.504. The zero-order valence-corrected chi connectivity index (χ0v) is 13.8. The van der Waals surface area contributed by atoms with Crippen LogP contribution < -0.4 is 9.47 Å². The van der Waals surface area contributed by atoms with E-state index in [9.17, 15) is 4.79 Å². The van der Waals surface area contributed by atoms with Crippen molar-refractivity contribution in [1.29, 1.82) is 0 Å². The summed E-state index contributed by atoms with van der Waals surface area (Å²) in [6.07, 6.45) is 2.22. The number of carbonyl (C=O) groups is 1. The summed E-state index contributed by atoms with van der Waals surface area (Å²) in [6, 6.07) is 5.06. The Morgan fingerprint density at radius 2 is 2.00 bits per heavy atom. The van der Waals surface area contributed by atoms with E-state index in [0.717, 1.165) is 25.9 Å². The first-order valence-corrected chi connectivity index (χ1v) is 7.55. The summed E-state index contributed by atoms with van der Waals surface area (Å²) < 4.78 is 15.9. The van der Waals surface area contributed by atoms with Crippen molar-refractivity contribution >= 4 is 5.97 Å². The zero-order chi connectivity index (χ0) is 16.2. The van der Waals surface area contributed by atoms with Crippen LogP contribution >= 0.6 is 0 Å². The van der Waals surface area contributed by atoms with Crippen LogP contribution in [0.3, 0.4) is 0 Å². The highest BCUT2D eigenvalue weighted by Crippen LogP contribution is 2.30. The van der Waals surface area contributed by atoms with Crippen molar-refractivity contribution in [3.05, 3.63) is 23.8 Å². The van der Waals surface area contributed by atoms with Crippen LogP contribution in [0.1, 0.15) is 30.1 Å². The van der Waals surface area contributed by atoms with Crippen LogP contribution in [0.5, 0.6) is 11.5 Å². The fourth-order valence-electron chi connectivity index (χ4n) is 2.99.